The first-order chi connectivity index (χ1) is 10.2. The number of para-hydroxylation sites is 1. The van der Waals surface area contributed by atoms with Crippen molar-refractivity contribution in [3.63, 3.8) is 0 Å². The summed E-state index contributed by atoms with van der Waals surface area (Å²) in [5.41, 5.74) is 0. The molecule has 1 aromatic rings. The summed E-state index contributed by atoms with van der Waals surface area (Å²) in [5, 5.41) is 3.70. The van der Waals surface area contributed by atoms with E-state index in [0.29, 0.717) is 18.0 Å². The summed E-state index contributed by atoms with van der Waals surface area (Å²) in [6.45, 7) is 11.1. The van der Waals surface area contributed by atoms with Crippen LogP contribution in [-0.4, -0.2) is 43.2 Å². The predicted molar refractivity (Wildman–Crippen MR) is 88.8 cm³/mol. The van der Waals surface area contributed by atoms with Gasteiger partial charge >= 0.3 is 0 Å². The van der Waals surface area contributed by atoms with E-state index in [1.54, 1.807) is 0 Å². The number of ether oxygens (including phenoxy) is 1. The van der Waals surface area contributed by atoms with E-state index in [2.05, 4.69) is 31.0 Å². The van der Waals surface area contributed by atoms with Gasteiger partial charge in [0.1, 0.15) is 12.4 Å². The topological polar surface area (TPSA) is 24.5 Å². The summed E-state index contributed by atoms with van der Waals surface area (Å²) in [4.78, 5) is 2.57. The molecule has 3 unspecified atom stereocenters. The highest BCUT2D eigenvalue weighted by molar-refractivity contribution is 5.20. The third-order valence-corrected chi connectivity index (χ3v) is 4.75. The summed E-state index contributed by atoms with van der Waals surface area (Å²) in [5.74, 6) is 1.67. The fourth-order valence-corrected chi connectivity index (χ4v) is 3.17. The maximum absolute atomic E-state index is 5.83. The highest BCUT2D eigenvalue weighted by Gasteiger charge is 2.31. The van der Waals surface area contributed by atoms with Crippen molar-refractivity contribution in [1.29, 1.82) is 0 Å². The maximum Gasteiger partial charge on any atom is 0.119 e. The largest absolute Gasteiger partial charge is 0.492 e. The second-order valence-corrected chi connectivity index (χ2v) is 6.15. The zero-order valence-corrected chi connectivity index (χ0v) is 13.7. The Morgan fingerprint density at radius 1 is 1.24 bits per heavy atom. The van der Waals surface area contributed by atoms with Crippen LogP contribution in [0.25, 0.3) is 0 Å². The van der Waals surface area contributed by atoms with Crippen LogP contribution < -0.4 is 10.1 Å². The van der Waals surface area contributed by atoms with E-state index < -0.39 is 0 Å². The lowest BCUT2D eigenvalue weighted by Crippen LogP contribution is -2.54. The molecule has 3 heteroatoms. The minimum absolute atomic E-state index is 0.618. The molecule has 118 valence electrons. The van der Waals surface area contributed by atoms with Gasteiger partial charge in [-0.05, 0) is 44.4 Å². The Balaban J connectivity index is 1.75. The number of hydrogen-bond donors (Lipinski definition) is 1. The fraction of sp³-hybridized carbons (Fsp3) is 0.667. The number of nitrogens with one attached hydrogen (secondary N) is 1. The molecule has 21 heavy (non-hydrogen) atoms. The van der Waals surface area contributed by atoms with Crippen LogP contribution in [0, 0.1) is 5.92 Å². The molecule has 1 fully saturated rings. The van der Waals surface area contributed by atoms with Gasteiger partial charge in [-0.1, -0.05) is 32.0 Å². The van der Waals surface area contributed by atoms with Gasteiger partial charge < -0.3 is 10.1 Å². The van der Waals surface area contributed by atoms with Crippen LogP contribution in [0.4, 0.5) is 0 Å². The number of rotatable bonds is 7. The average Bonchev–Trinajstić information content (AvgIpc) is 2.52. The Kier molecular flexibility index (Phi) is 6.52. The Morgan fingerprint density at radius 2 is 2.00 bits per heavy atom. The highest BCUT2D eigenvalue weighted by Crippen LogP contribution is 2.23. The monoisotopic (exact) mass is 290 g/mol. The fourth-order valence-electron chi connectivity index (χ4n) is 3.17. The van der Waals surface area contributed by atoms with Crippen LogP contribution in [-0.2, 0) is 0 Å². The zero-order valence-electron chi connectivity index (χ0n) is 13.7. The molecule has 0 aromatic heterocycles. The van der Waals surface area contributed by atoms with Gasteiger partial charge in [0.25, 0.3) is 0 Å². The molecule has 2 rings (SSSR count). The number of piperidine rings is 1. The van der Waals surface area contributed by atoms with Crippen LogP contribution >= 0.6 is 0 Å². The zero-order chi connectivity index (χ0) is 15.1. The van der Waals surface area contributed by atoms with Crippen molar-refractivity contribution in [2.75, 3.05) is 26.2 Å². The molecule has 0 aliphatic carbocycles. The van der Waals surface area contributed by atoms with Gasteiger partial charge in [-0.15, -0.1) is 0 Å². The van der Waals surface area contributed by atoms with Crippen molar-refractivity contribution >= 4 is 0 Å². The molecule has 1 aliphatic heterocycles. The Labute approximate surface area is 129 Å². The van der Waals surface area contributed by atoms with Crippen molar-refractivity contribution in [2.24, 2.45) is 5.92 Å². The van der Waals surface area contributed by atoms with Crippen LogP contribution in [0.1, 0.15) is 33.6 Å². The average molecular weight is 290 g/mol. The Bertz CT molecular complexity index is 395. The third kappa shape index (κ3) is 4.72. The van der Waals surface area contributed by atoms with Gasteiger partial charge in [0.05, 0.1) is 0 Å². The van der Waals surface area contributed by atoms with Crippen LogP contribution in [0.2, 0.25) is 0 Å². The molecular formula is C18H30N2O. The van der Waals surface area contributed by atoms with Gasteiger partial charge in [-0.25, -0.2) is 0 Å². The van der Waals surface area contributed by atoms with E-state index in [0.717, 1.165) is 25.4 Å². The third-order valence-electron chi connectivity index (χ3n) is 4.75. The first kappa shape index (κ1) is 16.3. The molecule has 1 heterocycles. The van der Waals surface area contributed by atoms with E-state index in [1.807, 2.05) is 30.3 Å². The van der Waals surface area contributed by atoms with E-state index in [-0.39, 0.29) is 0 Å². The molecule has 1 saturated heterocycles. The van der Waals surface area contributed by atoms with Crippen molar-refractivity contribution in [1.82, 2.24) is 10.2 Å². The van der Waals surface area contributed by atoms with Gasteiger partial charge in [0.2, 0.25) is 0 Å². The molecule has 3 atom stereocenters. The van der Waals surface area contributed by atoms with Crippen molar-refractivity contribution in [2.45, 2.75) is 45.7 Å². The summed E-state index contributed by atoms with van der Waals surface area (Å²) < 4.78 is 5.83. The lowest BCUT2D eigenvalue weighted by atomic mass is 9.87. The lowest BCUT2D eigenvalue weighted by molar-refractivity contribution is 0.0718. The van der Waals surface area contributed by atoms with Crippen LogP contribution in [0.15, 0.2) is 30.3 Å². The van der Waals surface area contributed by atoms with E-state index in [9.17, 15) is 0 Å². The first-order valence-electron chi connectivity index (χ1n) is 8.37. The summed E-state index contributed by atoms with van der Waals surface area (Å²) in [6, 6.07) is 11.4. The first-order valence-corrected chi connectivity index (χ1v) is 8.37. The molecule has 3 nitrogen and oxygen atoms in total. The molecule has 0 spiro atoms. The number of likely N-dealkylation sites (tertiary alicyclic amines) is 1. The van der Waals surface area contributed by atoms with Crippen LogP contribution in [0.3, 0.4) is 0 Å². The van der Waals surface area contributed by atoms with Crippen molar-refractivity contribution in [3.05, 3.63) is 30.3 Å². The van der Waals surface area contributed by atoms with Crippen molar-refractivity contribution in [3.8, 4) is 5.75 Å². The summed E-state index contributed by atoms with van der Waals surface area (Å²) in [7, 11) is 0. The summed E-state index contributed by atoms with van der Waals surface area (Å²) >= 11 is 0. The molecule has 1 aromatic carbocycles. The smallest absolute Gasteiger partial charge is 0.119 e. The minimum atomic E-state index is 0.618. The van der Waals surface area contributed by atoms with Gasteiger partial charge in [-0.3, -0.25) is 4.90 Å². The molecule has 0 saturated carbocycles. The molecule has 1 N–H and O–H groups in total. The van der Waals surface area contributed by atoms with E-state index >= 15 is 0 Å². The maximum atomic E-state index is 5.83. The lowest BCUT2D eigenvalue weighted by Gasteiger charge is -2.43. The summed E-state index contributed by atoms with van der Waals surface area (Å²) in [6.07, 6.45) is 2.46. The van der Waals surface area contributed by atoms with E-state index in [1.165, 1.54) is 19.4 Å². The molecule has 0 bridgehead atoms. The number of nitrogens with zero attached hydrogens (tertiary/aromatic N) is 1. The molecular weight excluding hydrogens is 260 g/mol. The SMILES string of the molecule is CCCNC1CCN(CCOc2ccccc2)C(C)C1C. The second-order valence-electron chi connectivity index (χ2n) is 6.15. The van der Waals surface area contributed by atoms with Gasteiger partial charge in [-0.2, -0.15) is 0 Å². The minimum Gasteiger partial charge on any atom is -0.492 e. The van der Waals surface area contributed by atoms with Gasteiger partial charge in [0, 0.05) is 25.2 Å². The highest BCUT2D eigenvalue weighted by atomic mass is 16.5. The van der Waals surface area contributed by atoms with E-state index in [4.69, 9.17) is 4.74 Å². The Hall–Kier alpha value is -1.06. The standard InChI is InChI=1S/C18H30N2O/c1-4-11-19-18-10-12-20(16(3)15(18)2)13-14-21-17-8-6-5-7-9-17/h5-9,15-16,18-19H,4,10-14H2,1-3H3. The van der Waals surface area contributed by atoms with Crippen molar-refractivity contribution < 1.29 is 4.74 Å². The molecule has 0 radical (unpaired) electrons. The quantitative estimate of drug-likeness (QED) is 0.835. The molecule has 0 amide bonds. The normalized spacial score (nSPS) is 26.7. The molecule has 1 aliphatic rings. The van der Waals surface area contributed by atoms with Gasteiger partial charge in [0.15, 0.2) is 0 Å². The second kappa shape index (κ2) is 8.40. The Morgan fingerprint density at radius 3 is 2.71 bits per heavy atom. The number of benzene rings is 1. The number of hydrogen-bond acceptors (Lipinski definition) is 3. The van der Waals surface area contributed by atoms with Crippen LogP contribution in [0.5, 0.6) is 5.75 Å². The predicted octanol–water partition coefficient (Wildman–Crippen LogP) is 3.16.